The van der Waals surface area contributed by atoms with Crippen molar-refractivity contribution in [2.75, 3.05) is 6.61 Å². The van der Waals surface area contributed by atoms with E-state index in [9.17, 15) is 4.79 Å². The van der Waals surface area contributed by atoms with Crippen LogP contribution in [-0.4, -0.2) is 32.2 Å². The Morgan fingerprint density at radius 2 is 2.15 bits per heavy atom. The van der Waals surface area contributed by atoms with Gasteiger partial charge in [-0.3, -0.25) is 9.20 Å². The van der Waals surface area contributed by atoms with Gasteiger partial charge in [-0.25, -0.2) is 4.98 Å². The van der Waals surface area contributed by atoms with Crippen LogP contribution in [0.1, 0.15) is 44.9 Å². The van der Waals surface area contributed by atoms with Gasteiger partial charge < -0.3 is 4.74 Å². The molecule has 1 fully saturated rings. The van der Waals surface area contributed by atoms with Crippen molar-refractivity contribution >= 4 is 11.7 Å². The molecule has 0 spiro atoms. The maximum absolute atomic E-state index is 12.5. The van der Waals surface area contributed by atoms with Gasteiger partial charge >= 0.3 is 5.97 Å². The average Bonchev–Trinajstić information content (AvgIpc) is 2.92. The van der Waals surface area contributed by atoms with Crippen LogP contribution in [0.15, 0.2) is 18.5 Å². The van der Waals surface area contributed by atoms with Crippen molar-refractivity contribution in [3.63, 3.8) is 0 Å². The number of nitrogens with zero attached hydrogens (tertiary/aromatic N) is 4. The van der Waals surface area contributed by atoms with E-state index in [1.807, 2.05) is 23.6 Å². The van der Waals surface area contributed by atoms with Crippen LogP contribution in [0, 0.1) is 0 Å². The molecule has 0 saturated heterocycles. The third kappa shape index (κ3) is 1.95. The van der Waals surface area contributed by atoms with Crippen LogP contribution in [0.2, 0.25) is 0 Å². The molecule has 1 saturated carbocycles. The van der Waals surface area contributed by atoms with Gasteiger partial charge in [0.2, 0.25) is 0 Å². The molecule has 2 aromatic heterocycles. The minimum Gasteiger partial charge on any atom is -0.465 e. The Balaban J connectivity index is 2.11. The molecule has 1 aliphatic carbocycles. The SMILES string of the molecule is CCOC(=O)C1(c2nnc3ncccn23)CCCCC1. The van der Waals surface area contributed by atoms with Crippen LogP contribution in [0.5, 0.6) is 0 Å². The summed E-state index contributed by atoms with van der Waals surface area (Å²) in [5.41, 5.74) is -0.670. The monoisotopic (exact) mass is 274 g/mol. The van der Waals surface area contributed by atoms with Gasteiger partial charge in [0.15, 0.2) is 5.82 Å². The first-order valence-corrected chi connectivity index (χ1v) is 7.11. The topological polar surface area (TPSA) is 69.4 Å². The molecule has 6 heteroatoms. The molecule has 106 valence electrons. The van der Waals surface area contributed by atoms with Crippen molar-refractivity contribution in [3.05, 3.63) is 24.3 Å². The van der Waals surface area contributed by atoms with Crippen LogP contribution in [0.25, 0.3) is 5.78 Å². The number of hydrogen-bond acceptors (Lipinski definition) is 5. The predicted octanol–water partition coefficient (Wildman–Crippen LogP) is 1.89. The predicted molar refractivity (Wildman–Crippen MR) is 72.2 cm³/mol. The molecule has 2 heterocycles. The Hall–Kier alpha value is -1.98. The lowest BCUT2D eigenvalue weighted by atomic mass is 9.73. The molecular formula is C14H18N4O2. The number of ether oxygens (including phenoxy) is 1. The molecule has 3 rings (SSSR count). The maximum atomic E-state index is 12.5. The molecule has 0 unspecified atom stereocenters. The summed E-state index contributed by atoms with van der Waals surface area (Å²) in [6.07, 6.45) is 8.22. The zero-order valence-corrected chi connectivity index (χ0v) is 11.6. The summed E-state index contributed by atoms with van der Waals surface area (Å²) in [6, 6.07) is 1.82. The van der Waals surface area contributed by atoms with E-state index >= 15 is 0 Å². The third-order valence-electron chi connectivity index (χ3n) is 3.99. The summed E-state index contributed by atoms with van der Waals surface area (Å²) in [7, 11) is 0. The zero-order valence-electron chi connectivity index (χ0n) is 11.6. The summed E-state index contributed by atoms with van der Waals surface area (Å²) in [4.78, 5) is 16.7. The Kier molecular flexibility index (Phi) is 3.38. The second-order valence-electron chi connectivity index (χ2n) is 5.18. The number of carbonyl (C=O) groups excluding carboxylic acids is 1. The fourth-order valence-corrected chi connectivity index (χ4v) is 3.01. The molecule has 6 nitrogen and oxygen atoms in total. The second kappa shape index (κ2) is 5.19. The highest BCUT2D eigenvalue weighted by atomic mass is 16.5. The van der Waals surface area contributed by atoms with Crippen molar-refractivity contribution in [1.29, 1.82) is 0 Å². The molecule has 0 bridgehead atoms. The highest BCUT2D eigenvalue weighted by molar-refractivity contribution is 5.82. The van der Waals surface area contributed by atoms with Crippen molar-refractivity contribution < 1.29 is 9.53 Å². The number of aromatic nitrogens is 4. The normalized spacial score (nSPS) is 18.1. The molecule has 1 aliphatic rings. The van der Waals surface area contributed by atoms with E-state index in [-0.39, 0.29) is 5.97 Å². The fraction of sp³-hybridized carbons (Fsp3) is 0.571. The Morgan fingerprint density at radius 3 is 2.90 bits per heavy atom. The second-order valence-corrected chi connectivity index (χ2v) is 5.18. The van der Waals surface area contributed by atoms with Crippen molar-refractivity contribution in [1.82, 2.24) is 19.6 Å². The van der Waals surface area contributed by atoms with E-state index in [1.54, 1.807) is 6.20 Å². The molecule has 20 heavy (non-hydrogen) atoms. The zero-order chi connectivity index (χ0) is 14.0. The van der Waals surface area contributed by atoms with Crippen LogP contribution >= 0.6 is 0 Å². The minimum absolute atomic E-state index is 0.183. The number of fused-ring (bicyclic) bond motifs is 1. The Morgan fingerprint density at radius 1 is 1.35 bits per heavy atom. The van der Waals surface area contributed by atoms with E-state index in [1.165, 1.54) is 0 Å². The van der Waals surface area contributed by atoms with Crippen LogP contribution in [-0.2, 0) is 14.9 Å². The standard InChI is InChI=1S/C14H18N4O2/c1-2-20-12(19)14(7-4-3-5-8-14)11-16-17-13-15-9-6-10-18(11)13/h6,9-10H,2-5,7-8H2,1H3. The summed E-state index contributed by atoms with van der Waals surface area (Å²) >= 11 is 0. The van der Waals surface area contributed by atoms with Crippen molar-refractivity contribution in [2.45, 2.75) is 44.4 Å². The summed E-state index contributed by atoms with van der Waals surface area (Å²) in [6.45, 7) is 2.22. The number of esters is 1. The van der Waals surface area contributed by atoms with Crippen LogP contribution in [0.3, 0.4) is 0 Å². The van der Waals surface area contributed by atoms with Gasteiger partial charge in [0.25, 0.3) is 5.78 Å². The number of hydrogen-bond donors (Lipinski definition) is 0. The lowest BCUT2D eigenvalue weighted by molar-refractivity contribution is -0.152. The lowest BCUT2D eigenvalue weighted by Crippen LogP contribution is -2.41. The van der Waals surface area contributed by atoms with Gasteiger partial charge in [-0.05, 0) is 25.8 Å². The highest BCUT2D eigenvalue weighted by Gasteiger charge is 2.46. The first-order chi connectivity index (χ1) is 9.78. The van der Waals surface area contributed by atoms with Crippen LogP contribution < -0.4 is 0 Å². The van der Waals surface area contributed by atoms with Crippen molar-refractivity contribution in [2.24, 2.45) is 0 Å². The number of rotatable bonds is 3. The molecule has 0 amide bonds. The first kappa shape index (κ1) is 13.0. The van der Waals surface area contributed by atoms with E-state index in [0.717, 1.165) is 32.1 Å². The van der Waals surface area contributed by atoms with Gasteiger partial charge in [0, 0.05) is 12.4 Å². The largest absolute Gasteiger partial charge is 0.465 e. The van der Waals surface area contributed by atoms with E-state index < -0.39 is 5.41 Å². The fourth-order valence-electron chi connectivity index (χ4n) is 3.01. The summed E-state index contributed by atoms with van der Waals surface area (Å²) in [5, 5.41) is 8.32. The maximum Gasteiger partial charge on any atom is 0.319 e. The molecule has 2 aromatic rings. The first-order valence-electron chi connectivity index (χ1n) is 7.11. The highest BCUT2D eigenvalue weighted by Crippen LogP contribution is 2.39. The van der Waals surface area contributed by atoms with Gasteiger partial charge in [0.1, 0.15) is 5.41 Å². The molecule has 0 radical (unpaired) electrons. The average molecular weight is 274 g/mol. The van der Waals surface area contributed by atoms with E-state index in [4.69, 9.17) is 4.74 Å². The molecule has 0 atom stereocenters. The summed E-state index contributed by atoms with van der Waals surface area (Å²) in [5.74, 6) is 1.01. The smallest absolute Gasteiger partial charge is 0.319 e. The number of carbonyl (C=O) groups is 1. The lowest BCUT2D eigenvalue weighted by Gasteiger charge is -2.33. The quantitative estimate of drug-likeness (QED) is 0.799. The third-order valence-corrected chi connectivity index (χ3v) is 3.99. The molecule has 0 N–H and O–H groups in total. The van der Waals surface area contributed by atoms with E-state index in [0.29, 0.717) is 18.2 Å². The van der Waals surface area contributed by atoms with Gasteiger partial charge in [0.05, 0.1) is 6.61 Å². The Bertz CT molecular complexity index is 616. The Labute approximate surface area is 117 Å². The van der Waals surface area contributed by atoms with Gasteiger partial charge in [-0.15, -0.1) is 10.2 Å². The van der Waals surface area contributed by atoms with Crippen molar-refractivity contribution in [3.8, 4) is 0 Å². The van der Waals surface area contributed by atoms with Crippen LogP contribution in [0.4, 0.5) is 0 Å². The van der Waals surface area contributed by atoms with E-state index in [2.05, 4.69) is 15.2 Å². The molecule has 0 aromatic carbocycles. The molecule has 0 aliphatic heterocycles. The summed E-state index contributed by atoms with van der Waals surface area (Å²) < 4.78 is 7.12. The minimum atomic E-state index is -0.670. The molecular weight excluding hydrogens is 256 g/mol. The van der Waals surface area contributed by atoms with Gasteiger partial charge in [-0.2, -0.15) is 0 Å². The van der Waals surface area contributed by atoms with Gasteiger partial charge in [-0.1, -0.05) is 19.3 Å².